The highest BCUT2D eigenvalue weighted by molar-refractivity contribution is 7.19. The summed E-state index contributed by atoms with van der Waals surface area (Å²) in [6.07, 6.45) is 1.93. The zero-order valence-corrected chi connectivity index (χ0v) is 11.9. The number of benzene rings is 1. The van der Waals surface area contributed by atoms with E-state index in [0.717, 1.165) is 12.3 Å². The lowest BCUT2D eigenvalue weighted by molar-refractivity contribution is -0.461. The highest BCUT2D eigenvalue weighted by Crippen LogP contribution is 2.28. The predicted octanol–water partition coefficient (Wildman–Crippen LogP) is 2.48. The molecule has 1 N–H and O–H groups in total. The topological polar surface area (TPSA) is 24.3 Å². The van der Waals surface area contributed by atoms with E-state index < -0.39 is 0 Å². The molecule has 1 aromatic heterocycles. The zero-order valence-electron chi connectivity index (χ0n) is 11.1. The fourth-order valence-electron chi connectivity index (χ4n) is 1.72. The van der Waals surface area contributed by atoms with Gasteiger partial charge in [0.1, 0.15) is 18.9 Å². The molecule has 96 valence electrons. The van der Waals surface area contributed by atoms with Crippen LogP contribution < -0.4 is 10.1 Å². The van der Waals surface area contributed by atoms with Crippen molar-refractivity contribution >= 4 is 27.8 Å². The number of aryl methyl sites for hydroxylation is 1. The first kappa shape index (κ1) is 12.9. The minimum absolute atomic E-state index is 0.666. The van der Waals surface area contributed by atoms with Crippen molar-refractivity contribution in [1.82, 2.24) is 5.32 Å². The van der Waals surface area contributed by atoms with Crippen molar-refractivity contribution in [3.8, 4) is 5.75 Å². The normalized spacial score (nSPS) is 10.4. The third kappa shape index (κ3) is 3.47. The summed E-state index contributed by atoms with van der Waals surface area (Å²) in [6.45, 7) is 3.60. The fraction of sp³-hybridized carbons (Fsp3) is 0.357. The molecule has 0 amide bonds. The van der Waals surface area contributed by atoms with E-state index >= 15 is 0 Å². The van der Waals surface area contributed by atoms with E-state index in [1.54, 1.807) is 0 Å². The molecule has 1 aromatic carbocycles. The minimum atomic E-state index is 0.666. The molecule has 0 fully saturated rings. The summed E-state index contributed by atoms with van der Waals surface area (Å²) in [4.78, 5) is 1.34. The van der Waals surface area contributed by atoms with Crippen LogP contribution in [-0.4, -0.2) is 38.2 Å². The van der Waals surface area contributed by atoms with Crippen LogP contribution in [0.5, 0.6) is 5.75 Å². The Labute approximate surface area is 112 Å². The van der Waals surface area contributed by atoms with Gasteiger partial charge in [0.2, 0.25) is 6.34 Å². The molecular weight excluding hydrogens is 244 g/mol. The van der Waals surface area contributed by atoms with E-state index in [4.69, 9.17) is 4.74 Å². The van der Waals surface area contributed by atoms with Crippen LogP contribution in [0.1, 0.15) is 4.88 Å². The van der Waals surface area contributed by atoms with Crippen LogP contribution in [-0.2, 0) is 0 Å². The fourth-order valence-corrected chi connectivity index (χ4v) is 2.62. The van der Waals surface area contributed by atoms with Crippen LogP contribution in [0, 0.1) is 6.92 Å². The van der Waals surface area contributed by atoms with E-state index in [1.165, 1.54) is 15.0 Å². The van der Waals surface area contributed by atoms with Crippen molar-refractivity contribution in [2.24, 2.45) is 0 Å². The molecule has 18 heavy (non-hydrogen) atoms. The van der Waals surface area contributed by atoms with Crippen molar-refractivity contribution in [3.63, 3.8) is 0 Å². The van der Waals surface area contributed by atoms with Gasteiger partial charge in [0, 0.05) is 9.58 Å². The second-order valence-corrected chi connectivity index (χ2v) is 5.74. The van der Waals surface area contributed by atoms with Crippen molar-refractivity contribution in [2.75, 3.05) is 27.2 Å². The van der Waals surface area contributed by atoms with Gasteiger partial charge in [-0.15, -0.1) is 11.3 Å². The number of hydrogen-bond donors (Lipinski definition) is 1. The molecule has 0 unspecified atom stereocenters. The molecule has 0 atom stereocenters. The molecule has 0 saturated heterocycles. The van der Waals surface area contributed by atoms with Gasteiger partial charge in [-0.1, -0.05) is 0 Å². The van der Waals surface area contributed by atoms with Crippen molar-refractivity contribution in [2.45, 2.75) is 6.92 Å². The maximum Gasteiger partial charge on any atom is 0.231 e. The summed E-state index contributed by atoms with van der Waals surface area (Å²) in [7, 11) is 3.97. The Morgan fingerprint density at radius 3 is 2.94 bits per heavy atom. The van der Waals surface area contributed by atoms with Gasteiger partial charge < -0.3 is 4.74 Å². The Morgan fingerprint density at radius 1 is 1.33 bits per heavy atom. The summed E-state index contributed by atoms with van der Waals surface area (Å²) < 4.78 is 9.00. The Morgan fingerprint density at radius 2 is 2.17 bits per heavy atom. The first-order chi connectivity index (χ1) is 8.65. The van der Waals surface area contributed by atoms with Crippen molar-refractivity contribution in [1.29, 1.82) is 0 Å². The molecule has 0 aliphatic rings. The standard InChI is InChI=1S/C14H18N2OS/c1-11-8-12-9-13(4-5-14(12)18-11)17-7-6-15-10-16(2)3/h4-5,8-10H,6-7H2,1-3H3/p+1. The van der Waals surface area contributed by atoms with Crippen LogP contribution in [0.3, 0.4) is 0 Å². The summed E-state index contributed by atoms with van der Waals surface area (Å²) >= 11 is 1.82. The molecule has 3 nitrogen and oxygen atoms in total. The number of ether oxygens (including phenoxy) is 1. The number of thiophene rings is 1. The van der Waals surface area contributed by atoms with E-state index in [2.05, 4.69) is 30.4 Å². The maximum absolute atomic E-state index is 5.71. The van der Waals surface area contributed by atoms with Crippen LogP contribution in [0.4, 0.5) is 0 Å². The smallest absolute Gasteiger partial charge is 0.231 e. The average molecular weight is 263 g/mol. The van der Waals surface area contributed by atoms with E-state index in [9.17, 15) is 0 Å². The Bertz CT molecular complexity index is 556. The second kappa shape index (κ2) is 5.87. The van der Waals surface area contributed by atoms with Crippen LogP contribution in [0.2, 0.25) is 0 Å². The second-order valence-electron chi connectivity index (χ2n) is 4.45. The number of hydrogen-bond acceptors (Lipinski definition) is 2. The average Bonchev–Trinajstić information content (AvgIpc) is 2.67. The lowest BCUT2D eigenvalue weighted by atomic mass is 10.2. The molecular formula is C14H19N2OS+. The summed E-state index contributed by atoms with van der Waals surface area (Å²) in [6, 6.07) is 8.47. The molecule has 0 bridgehead atoms. The van der Waals surface area contributed by atoms with E-state index in [0.29, 0.717) is 6.61 Å². The highest BCUT2D eigenvalue weighted by atomic mass is 32.1. The number of nitrogens with one attached hydrogen (secondary N) is 1. The maximum atomic E-state index is 5.71. The quantitative estimate of drug-likeness (QED) is 0.388. The van der Waals surface area contributed by atoms with Crippen LogP contribution in [0.25, 0.3) is 10.1 Å². The summed E-state index contributed by atoms with van der Waals surface area (Å²) in [5, 5.41) is 4.44. The van der Waals surface area contributed by atoms with Gasteiger partial charge in [-0.25, -0.2) is 0 Å². The molecule has 0 aliphatic heterocycles. The SMILES string of the molecule is Cc1cc2cc(OCCNC=[N+](C)C)ccc2s1. The lowest BCUT2D eigenvalue weighted by Gasteiger charge is -2.04. The van der Waals surface area contributed by atoms with Gasteiger partial charge in [0.25, 0.3) is 0 Å². The van der Waals surface area contributed by atoms with Gasteiger partial charge in [-0.2, -0.15) is 0 Å². The van der Waals surface area contributed by atoms with Crippen molar-refractivity contribution < 1.29 is 9.31 Å². The monoisotopic (exact) mass is 263 g/mol. The van der Waals surface area contributed by atoms with Crippen molar-refractivity contribution in [3.05, 3.63) is 29.1 Å². The predicted molar refractivity (Wildman–Crippen MR) is 78.2 cm³/mol. The number of fused-ring (bicyclic) bond motifs is 1. The molecule has 1 heterocycles. The Kier molecular flexibility index (Phi) is 4.20. The molecule has 2 rings (SSSR count). The molecule has 0 radical (unpaired) electrons. The van der Waals surface area contributed by atoms with E-state index in [1.807, 2.05) is 42.4 Å². The highest BCUT2D eigenvalue weighted by Gasteiger charge is 2.01. The van der Waals surface area contributed by atoms with Gasteiger partial charge in [-0.3, -0.25) is 9.89 Å². The first-order valence-electron chi connectivity index (χ1n) is 6.01. The Balaban J connectivity index is 1.89. The first-order valence-corrected chi connectivity index (χ1v) is 6.83. The lowest BCUT2D eigenvalue weighted by Crippen LogP contribution is -2.23. The van der Waals surface area contributed by atoms with Gasteiger partial charge in [0.05, 0.1) is 14.1 Å². The Hall–Kier alpha value is -1.55. The minimum Gasteiger partial charge on any atom is -0.489 e. The molecule has 0 spiro atoms. The van der Waals surface area contributed by atoms with E-state index in [-0.39, 0.29) is 0 Å². The van der Waals surface area contributed by atoms with Crippen LogP contribution >= 0.6 is 11.3 Å². The van der Waals surface area contributed by atoms with Gasteiger partial charge in [0.15, 0.2) is 0 Å². The van der Waals surface area contributed by atoms with Crippen LogP contribution in [0.15, 0.2) is 24.3 Å². The zero-order chi connectivity index (χ0) is 13.0. The molecule has 0 aliphatic carbocycles. The third-order valence-electron chi connectivity index (χ3n) is 2.48. The van der Waals surface area contributed by atoms with Gasteiger partial charge in [-0.05, 0) is 36.6 Å². The number of rotatable bonds is 5. The third-order valence-corrected chi connectivity index (χ3v) is 3.51. The molecule has 4 heteroatoms. The summed E-state index contributed by atoms with van der Waals surface area (Å²) in [5.74, 6) is 0.937. The number of nitrogens with zero attached hydrogens (tertiary/aromatic N) is 1. The van der Waals surface area contributed by atoms with Gasteiger partial charge >= 0.3 is 0 Å². The molecule has 0 saturated carbocycles. The molecule has 2 aromatic rings. The largest absolute Gasteiger partial charge is 0.489 e. The summed E-state index contributed by atoms with van der Waals surface area (Å²) in [5.41, 5.74) is 0.